The van der Waals surface area contributed by atoms with E-state index in [0.717, 1.165) is 11.1 Å². The van der Waals surface area contributed by atoms with Gasteiger partial charge in [0.2, 0.25) is 5.91 Å². The van der Waals surface area contributed by atoms with Gasteiger partial charge < -0.3 is 11.1 Å². The molecule has 21 heavy (non-hydrogen) atoms. The molecular weight excluding hydrogens is 264 g/mol. The maximum Gasteiger partial charge on any atom is 0.251 e. The molecule has 0 aliphatic rings. The van der Waals surface area contributed by atoms with Crippen LogP contribution >= 0.6 is 0 Å². The molecule has 4 heteroatoms. The van der Waals surface area contributed by atoms with Crippen LogP contribution in [-0.2, 0) is 11.2 Å². The summed E-state index contributed by atoms with van der Waals surface area (Å²) in [6, 6.07) is 15.8. The fourth-order valence-electron chi connectivity index (χ4n) is 2.13. The van der Waals surface area contributed by atoms with E-state index in [4.69, 9.17) is 5.73 Å². The topological polar surface area (TPSA) is 72.2 Å². The predicted molar refractivity (Wildman–Crippen MR) is 81.8 cm³/mol. The zero-order valence-electron chi connectivity index (χ0n) is 11.9. The molecule has 1 atom stereocenters. The van der Waals surface area contributed by atoms with E-state index in [0.29, 0.717) is 12.0 Å². The number of nitrogens with two attached hydrogens (primary N) is 1. The van der Waals surface area contributed by atoms with Gasteiger partial charge in [-0.3, -0.25) is 9.59 Å². The quantitative estimate of drug-likeness (QED) is 0.878. The van der Waals surface area contributed by atoms with E-state index in [1.54, 1.807) is 24.3 Å². The number of primary amides is 1. The number of rotatable bonds is 5. The fraction of sp³-hybridized carbons (Fsp3) is 0.176. The van der Waals surface area contributed by atoms with E-state index in [1.165, 1.54) is 0 Å². The van der Waals surface area contributed by atoms with E-state index < -0.39 is 11.9 Å². The summed E-state index contributed by atoms with van der Waals surface area (Å²) in [5.74, 6) is -0.840. The van der Waals surface area contributed by atoms with Gasteiger partial charge >= 0.3 is 0 Å². The van der Waals surface area contributed by atoms with Crippen LogP contribution in [0.25, 0.3) is 0 Å². The molecule has 0 radical (unpaired) electrons. The first kappa shape index (κ1) is 14.8. The van der Waals surface area contributed by atoms with Crippen molar-refractivity contribution in [3.8, 4) is 0 Å². The Morgan fingerprint density at radius 2 is 1.81 bits per heavy atom. The highest BCUT2D eigenvalue weighted by Crippen LogP contribution is 2.08. The van der Waals surface area contributed by atoms with Crippen LogP contribution in [0.2, 0.25) is 0 Å². The van der Waals surface area contributed by atoms with Crippen molar-refractivity contribution >= 4 is 11.8 Å². The first-order chi connectivity index (χ1) is 10.1. The van der Waals surface area contributed by atoms with Gasteiger partial charge in [-0.2, -0.15) is 0 Å². The van der Waals surface area contributed by atoms with Gasteiger partial charge in [-0.25, -0.2) is 0 Å². The molecule has 2 amide bonds. The molecule has 0 aliphatic carbocycles. The Labute approximate surface area is 124 Å². The summed E-state index contributed by atoms with van der Waals surface area (Å²) in [7, 11) is 0. The van der Waals surface area contributed by atoms with Gasteiger partial charge in [-0.05, 0) is 24.6 Å². The van der Waals surface area contributed by atoms with Crippen LogP contribution in [0.5, 0.6) is 0 Å². The average Bonchev–Trinajstić information content (AvgIpc) is 2.47. The highest BCUT2D eigenvalue weighted by Gasteiger charge is 2.19. The standard InChI is InChI=1S/C17H18N2O2/c1-12-6-5-7-13(10-12)11-15(16(18)20)19-17(21)14-8-3-2-4-9-14/h2-10,15H,11H2,1H3,(H2,18,20)(H,19,21)/t15-/m1/s1. The van der Waals surface area contributed by atoms with Crippen molar-refractivity contribution in [1.82, 2.24) is 5.32 Å². The Morgan fingerprint density at radius 3 is 2.43 bits per heavy atom. The first-order valence-corrected chi connectivity index (χ1v) is 6.77. The average molecular weight is 282 g/mol. The zero-order valence-corrected chi connectivity index (χ0v) is 11.9. The molecule has 0 aliphatic heterocycles. The molecule has 0 bridgehead atoms. The Morgan fingerprint density at radius 1 is 1.10 bits per heavy atom. The van der Waals surface area contributed by atoms with Crippen molar-refractivity contribution in [3.05, 3.63) is 71.3 Å². The highest BCUT2D eigenvalue weighted by atomic mass is 16.2. The molecule has 0 unspecified atom stereocenters. The van der Waals surface area contributed by atoms with Crippen molar-refractivity contribution < 1.29 is 9.59 Å². The summed E-state index contributed by atoms with van der Waals surface area (Å²) in [4.78, 5) is 23.7. The van der Waals surface area contributed by atoms with Crippen molar-refractivity contribution in [2.45, 2.75) is 19.4 Å². The molecule has 0 spiro atoms. The molecule has 0 aromatic heterocycles. The molecule has 0 heterocycles. The summed E-state index contributed by atoms with van der Waals surface area (Å²) in [6.07, 6.45) is 0.385. The summed E-state index contributed by atoms with van der Waals surface area (Å²) >= 11 is 0. The SMILES string of the molecule is Cc1cccc(C[C@@H](NC(=O)c2ccccc2)C(N)=O)c1. The number of aryl methyl sites for hydroxylation is 1. The second-order valence-corrected chi connectivity index (χ2v) is 4.99. The molecule has 2 aromatic rings. The third-order valence-corrected chi connectivity index (χ3v) is 3.21. The van der Waals surface area contributed by atoms with Crippen LogP contribution in [0.15, 0.2) is 54.6 Å². The fourth-order valence-corrected chi connectivity index (χ4v) is 2.13. The van der Waals surface area contributed by atoms with E-state index in [-0.39, 0.29) is 5.91 Å². The van der Waals surface area contributed by atoms with Crippen LogP contribution < -0.4 is 11.1 Å². The summed E-state index contributed by atoms with van der Waals surface area (Å²) in [6.45, 7) is 1.98. The van der Waals surface area contributed by atoms with E-state index in [1.807, 2.05) is 37.3 Å². The molecule has 4 nitrogen and oxygen atoms in total. The molecule has 2 aromatic carbocycles. The van der Waals surface area contributed by atoms with Gasteiger partial charge in [-0.15, -0.1) is 0 Å². The lowest BCUT2D eigenvalue weighted by Crippen LogP contribution is -2.45. The largest absolute Gasteiger partial charge is 0.368 e. The van der Waals surface area contributed by atoms with Crippen LogP contribution in [0.3, 0.4) is 0 Å². The first-order valence-electron chi connectivity index (χ1n) is 6.77. The predicted octanol–water partition coefficient (Wildman–Crippen LogP) is 1.82. The second-order valence-electron chi connectivity index (χ2n) is 4.99. The number of amides is 2. The smallest absolute Gasteiger partial charge is 0.251 e. The molecule has 2 rings (SSSR count). The minimum atomic E-state index is -0.723. The minimum absolute atomic E-state index is 0.299. The maximum absolute atomic E-state index is 12.1. The Kier molecular flexibility index (Phi) is 4.72. The second kappa shape index (κ2) is 6.70. The molecule has 0 saturated heterocycles. The van der Waals surface area contributed by atoms with Gasteiger partial charge in [0.1, 0.15) is 6.04 Å². The number of nitrogens with one attached hydrogen (secondary N) is 1. The van der Waals surface area contributed by atoms with Gasteiger partial charge in [0.05, 0.1) is 0 Å². The van der Waals surface area contributed by atoms with Gasteiger partial charge in [0, 0.05) is 12.0 Å². The molecule has 3 N–H and O–H groups in total. The number of hydrogen-bond acceptors (Lipinski definition) is 2. The maximum atomic E-state index is 12.1. The monoisotopic (exact) mass is 282 g/mol. The van der Waals surface area contributed by atoms with Crippen molar-refractivity contribution in [3.63, 3.8) is 0 Å². The van der Waals surface area contributed by atoms with E-state index >= 15 is 0 Å². The number of carbonyl (C=O) groups excluding carboxylic acids is 2. The minimum Gasteiger partial charge on any atom is -0.368 e. The zero-order chi connectivity index (χ0) is 15.2. The Hall–Kier alpha value is -2.62. The normalized spacial score (nSPS) is 11.7. The summed E-state index contributed by atoms with van der Waals surface area (Å²) < 4.78 is 0. The molecule has 108 valence electrons. The lowest BCUT2D eigenvalue weighted by Gasteiger charge is -2.16. The lowest BCUT2D eigenvalue weighted by molar-refractivity contribution is -0.119. The lowest BCUT2D eigenvalue weighted by atomic mass is 10.0. The van der Waals surface area contributed by atoms with Crippen molar-refractivity contribution in [1.29, 1.82) is 0 Å². The number of hydrogen-bond donors (Lipinski definition) is 2. The molecule has 0 saturated carbocycles. The third kappa shape index (κ3) is 4.18. The third-order valence-electron chi connectivity index (χ3n) is 3.21. The van der Waals surface area contributed by atoms with E-state index in [9.17, 15) is 9.59 Å². The van der Waals surface area contributed by atoms with Gasteiger partial charge in [0.25, 0.3) is 5.91 Å². The molecular formula is C17H18N2O2. The number of benzene rings is 2. The van der Waals surface area contributed by atoms with Gasteiger partial charge in [0.15, 0.2) is 0 Å². The summed E-state index contributed by atoms with van der Waals surface area (Å²) in [5, 5.41) is 2.69. The van der Waals surface area contributed by atoms with Crippen LogP contribution in [-0.4, -0.2) is 17.9 Å². The highest BCUT2D eigenvalue weighted by molar-refractivity contribution is 5.97. The van der Waals surface area contributed by atoms with Crippen molar-refractivity contribution in [2.75, 3.05) is 0 Å². The Balaban J connectivity index is 2.09. The Bertz CT molecular complexity index is 638. The van der Waals surface area contributed by atoms with E-state index in [2.05, 4.69) is 5.32 Å². The molecule has 0 fully saturated rings. The van der Waals surface area contributed by atoms with Crippen molar-refractivity contribution in [2.24, 2.45) is 5.73 Å². The van der Waals surface area contributed by atoms with Gasteiger partial charge in [-0.1, -0.05) is 48.0 Å². The van der Waals surface area contributed by atoms with Crippen LogP contribution in [0, 0.1) is 6.92 Å². The summed E-state index contributed by atoms with van der Waals surface area (Å²) in [5.41, 5.74) is 7.97. The number of carbonyl (C=O) groups is 2. The van der Waals surface area contributed by atoms with Crippen LogP contribution in [0.4, 0.5) is 0 Å². The van der Waals surface area contributed by atoms with Crippen LogP contribution in [0.1, 0.15) is 21.5 Å².